The fourth-order valence-corrected chi connectivity index (χ4v) is 5.21. The van der Waals surface area contributed by atoms with Gasteiger partial charge in [0.1, 0.15) is 0 Å². The molecule has 1 aliphatic rings. The normalized spacial score (nSPS) is 16.7. The van der Waals surface area contributed by atoms with E-state index in [-0.39, 0.29) is 6.10 Å². The largest absolute Gasteiger partial charge is 0.376 e. The number of aryl methyl sites for hydroxylation is 1. The van der Waals surface area contributed by atoms with Gasteiger partial charge in [-0.2, -0.15) is 0 Å². The molecule has 0 spiro atoms. The van der Waals surface area contributed by atoms with Crippen LogP contribution in [-0.2, 0) is 17.0 Å². The minimum Gasteiger partial charge on any atom is -0.376 e. The Morgan fingerprint density at radius 2 is 2.00 bits per heavy atom. The van der Waals surface area contributed by atoms with Crippen LogP contribution in [0.25, 0.3) is 21.7 Å². The van der Waals surface area contributed by atoms with E-state index in [1.807, 2.05) is 37.3 Å². The van der Waals surface area contributed by atoms with E-state index in [1.54, 1.807) is 23.1 Å². The van der Waals surface area contributed by atoms with Gasteiger partial charge in [-0.15, -0.1) is 21.5 Å². The lowest BCUT2D eigenvalue weighted by Crippen LogP contribution is -2.16. The predicted molar refractivity (Wildman–Crippen MR) is 116 cm³/mol. The Kier molecular flexibility index (Phi) is 5.30. The van der Waals surface area contributed by atoms with Crippen LogP contribution in [0.3, 0.4) is 0 Å². The zero-order valence-electron chi connectivity index (χ0n) is 16.1. The van der Waals surface area contributed by atoms with Crippen LogP contribution in [0.15, 0.2) is 46.9 Å². The minimum atomic E-state index is 0.228. The van der Waals surface area contributed by atoms with E-state index in [9.17, 15) is 0 Å². The monoisotopic (exact) mass is 423 g/mol. The average molecular weight is 424 g/mol. The number of thioether (sulfide) groups is 1. The van der Waals surface area contributed by atoms with Crippen LogP contribution in [-0.4, -0.2) is 37.4 Å². The number of hydrogen-bond acceptors (Lipinski definition) is 7. The van der Waals surface area contributed by atoms with Gasteiger partial charge in [-0.1, -0.05) is 30.0 Å². The van der Waals surface area contributed by atoms with Gasteiger partial charge in [0.15, 0.2) is 11.0 Å². The van der Waals surface area contributed by atoms with Gasteiger partial charge in [0.25, 0.3) is 0 Å². The van der Waals surface area contributed by atoms with Crippen molar-refractivity contribution in [1.82, 2.24) is 24.7 Å². The molecule has 0 unspecified atom stereocenters. The number of aromatic nitrogens is 5. The lowest BCUT2D eigenvalue weighted by Gasteiger charge is -2.14. The number of para-hydroxylation sites is 2. The minimum absolute atomic E-state index is 0.228. The zero-order chi connectivity index (χ0) is 19.6. The first-order valence-corrected chi connectivity index (χ1v) is 11.6. The van der Waals surface area contributed by atoms with Crippen molar-refractivity contribution in [3.63, 3.8) is 0 Å². The molecule has 1 fully saturated rings. The molecule has 29 heavy (non-hydrogen) atoms. The topological polar surface area (TPSA) is 65.7 Å². The molecule has 8 heteroatoms. The van der Waals surface area contributed by atoms with Crippen molar-refractivity contribution in [1.29, 1.82) is 0 Å². The fourth-order valence-electron chi connectivity index (χ4n) is 3.53. The lowest BCUT2D eigenvalue weighted by molar-refractivity contribution is 0.0953. The van der Waals surface area contributed by atoms with Crippen molar-refractivity contribution in [2.24, 2.45) is 0 Å². The summed E-state index contributed by atoms with van der Waals surface area (Å²) in [5.41, 5.74) is 3.80. The molecule has 4 heterocycles. The summed E-state index contributed by atoms with van der Waals surface area (Å²) in [7, 11) is 0. The Labute approximate surface area is 177 Å². The molecule has 0 N–H and O–H groups in total. The molecular formula is C21H21N5OS2. The van der Waals surface area contributed by atoms with E-state index in [1.165, 1.54) is 0 Å². The molecule has 1 saturated heterocycles. The molecule has 5 rings (SSSR count). The SMILES string of the molecule is Cc1nc2ccccc2nc1CSc1nnc(-c2cccs2)n1C[C@@H]1CCCO1. The fraction of sp³-hybridized carbons (Fsp3) is 0.333. The highest BCUT2D eigenvalue weighted by Gasteiger charge is 2.22. The molecule has 6 nitrogen and oxygen atoms in total. The molecular weight excluding hydrogens is 402 g/mol. The third-order valence-corrected chi connectivity index (χ3v) is 6.89. The Bertz CT molecular complexity index is 1120. The molecule has 0 aliphatic carbocycles. The summed E-state index contributed by atoms with van der Waals surface area (Å²) in [6.07, 6.45) is 2.43. The lowest BCUT2D eigenvalue weighted by atomic mass is 10.2. The van der Waals surface area contributed by atoms with Crippen LogP contribution < -0.4 is 0 Å². The van der Waals surface area contributed by atoms with E-state index in [4.69, 9.17) is 14.7 Å². The second-order valence-corrected chi connectivity index (χ2v) is 8.95. The van der Waals surface area contributed by atoms with Crippen LogP contribution in [0.2, 0.25) is 0 Å². The van der Waals surface area contributed by atoms with Crippen LogP contribution in [0.4, 0.5) is 0 Å². The number of nitrogens with zero attached hydrogens (tertiary/aromatic N) is 5. The zero-order valence-corrected chi connectivity index (χ0v) is 17.7. The van der Waals surface area contributed by atoms with Gasteiger partial charge >= 0.3 is 0 Å². The maximum atomic E-state index is 5.88. The van der Waals surface area contributed by atoms with E-state index in [0.717, 1.165) is 64.3 Å². The molecule has 0 saturated carbocycles. The quantitative estimate of drug-likeness (QED) is 0.418. The molecule has 1 atom stereocenters. The smallest absolute Gasteiger partial charge is 0.191 e. The number of thiophene rings is 1. The summed E-state index contributed by atoms with van der Waals surface area (Å²) in [5, 5.41) is 12.0. The number of ether oxygens (including phenoxy) is 1. The molecule has 0 amide bonds. The van der Waals surface area contributed by atoms with Crippen molar-refractivity contribution in [2.75, 3.05) is 6.61 Å². The molecule has 0 bridgehead atoms. The molecule has 0 radical (unpaired) electrons. The van der Waals surface area contributed by atoms with Crippen molar-refractivity contribution >= 4 is 34.1 Å². The van der Waals surface area contributed by atoms with Gasteiger partial charge in [0, 0.05) is 12.4 Å². The maximum absolute atomic E-state index is 5.88. The van der Waals surface area contributed by atoms with Gasteiger partial charge < -0.3 is 4.74 Å². The van der Waals surface area contributed by atoms with Gasteiger partial charge in [-0.05, 0) is 43.3 Å². The van der Waals surface area contributed by atoms with Crippen LogP contribution in [0.1, 0.15) is 24.2 Å². The third kappa shape index (κ3) is 3.92. The third-order valence-electron chi connectivity index (χ3n) is 5.05. The highest BCUT2D eigenvalue weighted by molar-refractivity contribution is 7.98. The summed E-state index contributed by atoms with van der Waals surface area (Å²) < 4.78 is 8.08. The Morgan fingerprint density at radius 3 is 2.76 bits per heavy atom. The van der Waals surface area contributed by atoms with Gasteiger partial charge in [0.2, 0.25) is 0 Å². The van der Waals surface area contributed by atoms with Gasteiger partial charge in [-0.25, -0.2) is 9.97 Å². The van der Waals surface area contributed by atoms with E-state index in [2.05, 4.69) is 26.2 Å². The number of fused-ring (bicyclic) bond motifs is 1. The molecule has 4 aromatic rings. The molecule has 148 valence electrons. The number of hydrogen-bond donors (Lipinski definition) is 0. The van der Waals surface area contributed by atoms with E-state index in [0.29, 0.717) is 5.75 Å². The average Bonchev–Trinajstić information content (AvgIpc) is 3.49. The summed E-state index contributed by atoms with van der Waals surface area (Å²) in [6, 6.07) is 12.1. The highest BCUT2D eigenvalue weighted by Crippen LogP contribution is 2.30. The van der Waals surface area contributed by atoms with Gasteiger partial charge in [0.05, 0.1) is 39.9 Å². The first kappa shape index (κ1) is 18.7. The van der Waals surface area contributed by atoms with Crippen molar-refractivity contribution in [2.45, 2.75) is 43.3 Å². The molecule has 3 aromatic heterocycles. The standard InChI is InChI=1S/C21H21N5OS2/c1-14-18(23-17-8-3-2-7-16(17)22-14)13-29-21-25-24-20(19-9-5-11-28-19)26(21)12-15-6-4-10-27-15/h2-3,5,7-9,11,15H,4,6,10,12-13H2,1H3/t15-/m0/s1. The Balaban J connectivity index is 1.42. The Morgan fingerprint density at radius 1 is 1.14 bits per heavy atom. The van der Waals surface area contributed by atoms with Crippen molar-refractivity contribution in [3.8, 4) is 10.7 Å². The second-order valence-electron chi connectivity index (χ2n) is 7.06. The predicted octanol–water partition coefficient (Wildman–Crippen LogP) is 4.73. The summed E-state index contributed by atoms with van der Waals surface area (Å²) in [6.45, 7) is 3.64. The summed E-state index contributed by atoms with van der Waals surface area (Å²) >= 11 is 3.34. The Hall–Kier alpha value is -2.29. The summed E-state index contributed by atoms with van der Waals surface area (Å²) in [5.74, 6) is 1.62. The van der Waals surface area contributed by atoms with Crippen molar-refractivity contribution < 1.29 is 4.74 Å². The number of benzene rings is 1. The van der Waals surface area contributed by atoms with Crippen LogP contribution in [0, 0.1) is 6.92 Å². The maximum Gasteiger partial charge on any atom is 0.191 e. The van der Waals surface area contributed by atoms with Gasteiger partial charge in [-0.3, -0.25) is 4.57 Å². The van der Waals surface area contributed by atoms with Crippen LogP contribution in [0.5, 0.6) is 0 Å². The number of rotatable bonds is 6. The van der Waals surface area contributed by atoms with Crippen LogP contribution >= 0.6 is 23.1 Å². The first-order valence-electron chi connectivity index (χ1n) is 9.71. The highest BCUT2D eigenvalue weighted by atomic mass is 32.2. The molecule has 1 aromatic carbocycles. The van der Waals surface area contributed by atoms with E-state index >= 15 is 0 Å². The van der Waals surface area contributed by atoms with Crippen molar-refractivity contribution in [3.05, 3.63) is 53.2 Å². The first-order chi connectivity index (χ1) is 14.3. The molecule has 1 aliphatic heterocycles. The van der Waals surface area contributed by atoms with E-state index < -0.39 is 0 Å². The second kappa shape index (κ2) is 8.22. The summed E-state index contributed by atoms with van der Waals surface area (Å²) in [4.78, 5) is 10.6.